The fourth-order valence-corrected chi connectivity index (χ4v) is 1.89. The topological polar surface area (TPSA) is 63.3 Å². The van der Waals surface area contributed by atoms with E-state index in [-0.39, 0.29) is 0 Å². The van der Waals surface area contributed by atoms with Crippen LogP contribution in [0.25, 0.3) is 0 Å². The summed E-state index contributed by atoms with van der Waals surface area (Å²) in [4.78, 5) is 10.4. The number of carboxylic acids is 1. The van der Waals surface area contributed by atoms with Crippen molar-refractivity contribution < 1.29 is 9.90 Å². The molecule has 0 fully saturated rings. The van der Waals surface area contributed by atoms with Crippen LogP contribution in [0.15, 0.2) is 30.3 Å². The van der Waals surface area contributed by atoms with Crippen molar-refractivity contribution in [3.8, 4) is 0 Å². The summed E-state index contributed by atoms with van der Waals surface area (Å²) in [5.41, 5.74) is 6.55. The molecule has 0 heterocycles. The summed E-state index contributed by atoms with van der Waals surface area (Å²) in [7, 11) is 0. The zero-order valence-electron chi connectivity index (χ0n) is 7.72. The van der Waals surface area contributed by atoms with E-state index in [1.807, 2.05) is 30.3 Å². The molecule has 0 saturated carbocycles. The van der Waals surface area contributed by atoms with Gasteiger partial charge >= 0.3 is 5.97 Å². The number of nitrogens with two attached hydrogens (primary N) is 1. The molecule has 0 bridgehead atoms. The summed E-state index contributed by atoms with van der Waals surface area (Å²) >= 11 is 1.54. The normalized spacial score (nSPS) is 12.4. The van der Waals surface area contributed by atoms with Gasteiger partial charge in [0.25, 0.3) is 0 Å². The highest BCUT2D eigenvalue weighted by Gasteiger charge is 2.10. The van der Waals surface area contributed by atoms with Crippen molar-refractivity contribution in [1.29, 1.82) is 0 Å². The molecule has 1 atom stereocenters. The number of carbonyl (C=O) groups is 1. The Labute approximate surface area is 87.3 Å². The van der Waals surface area contributed by atoms with Crippen LogP contribution in [0.3, 0.4) is 0 Å². The Balaban J connectivity index is 2.26. The number of rotatable bonds is 5. The molecule has 3 N–H and O–H groups in total. The van der Waals surface area contributed by atoms with Crippen molar-refractivity contribution in [3.05, 3.63) is 35.9 Å². The maximum Gasteiger partial charge on any atom is 0.321 e. The number of benzene rings is 1. The molecule has 0 aromatic heterocycles. The Kier molecular flexibility index (Phi) is 4.49. The van der Waals surface area contributed by atoms with Crippen LogP contribution < -0.4 is 5.73 Å². The van der Waals surface area contributed by atoms with Crippen molar-refractivity contribution in [1.82, 2.24) is 0 Å². The molecule has 0 aliphatic carbocycles. The van der Waals surface area contributed by atoms with Gasteiger partial charge in [-0.2, -0.15) is 11.8 Å². The van der Waals surface area contributed by atoms with Crippen molar-refractivity contribution in [2.24, 2.45) is 5.73 Å². The Morgan fingerprint density at radius 3 is 2.64 bits per heavy atom. The van der Waals surface area contributed by atoms with Crippen LogP contribution in [0.2, 0.25) is 0 Å². The second-order valence-corrected chi connectivity index (χ2v) is 3.98. The van der Waals surface area contributed by atoms with Gasteiger partial charge in [0.05, 0.1) is 0 Å². The summed E-state index contributed by atoms with van der Waals surface area (Å²) in [6.45, 7) is 0. The molecule has 14 heavy (non-hydrogen) atoms. The molecule has 0 unspecified atom stereocenters. The van der Waals surface area contributed by atoms with Crippen LogP contribution in [0, 0.1) is 0 Å². The molecule has 0 amide bonds. The minimum absolute atomic E-state index is 0.449. The van der Waals surface area contributed by atoms with Gasteiger partial charge in [0.1, 0.15) is 6.04 Å². The third kappa shape index (κ3) is 3.81. The third-order valence-electron chi connectivity index (χ3n) is 1.73. The minimum atomic E-state index is -0.939. The molecule has 3 nitrogen and oxygen atoms in total. The van der Waals surface area contributed by atoms with E-state index < -0.39 is 12.0 Å². The lowest BCUT2D eigenvalue weighted by Crippen LogP contribution is -2.32. The number of aliphatic carboxylic acids is 1. The molecule has 0 aliphatic rings. The highest BCUT2D eigenvalue weighted by Crippen LogP contribution is 2.11. The maximum absolute atomic E-state index is 10.4. The monoisotopic (exact) mass is 215 g/mol. The fraction of sp³-hybridized carbons (Fsp3) is 0.300. The zero-order valence-corrected chi connectivity index (χ0v) is 8.54. The van der Waals surface area contributed by atoms with Gasteiger partial charge in [-0.25, -0.2) is 0 Å². The zero-order chi connectivity index (χ0) is 10.4. The molecule has 1 aromatic rings. The Bertz CT molecular complexity index is 289. The molecule has 0 aliphatic heterocycles. The van der Waals surface area contributed by atoms with E-state index in [9.17, 15) is 4.79 Å². The van der Waals surface area contributed by atoms with Gasteiger partial charge in [0.15, 0.2) is 0 Å². The number of hydrogen-bond acceptors (Lipinski definition) is 3. The van der Waals surface area contributed by atoms with Crippen LogP contribution >= 0.6 is 11.8 Å². The predicted octanol–water partition coefficient (Wildman–Crippen LogP) is 1.33. The van der Waals surface area contributed by atoms with Crippen molar-refractivity contribution >= 4 is 17.7 Å². The number of thioether (sulfide) groups is 1. The summed E-state index contributed by atoms with van der Waals surface area (Å²) in [5, 5.41) is 8.54. The fourth-order valence-electron chi connectivity index (χ4n) is 0.949. The molecular formula is C10H13NO2S. The standard InChI is InChI=1S/C10H13NO2S/c11-9(10(12)13)7-14-6-8-4-2-1-3-5-8/h1-5,9H,6-7,11H2,(H,12,13)/t9-/m1/s1/i7+1,9+1,10+1,11+1. The van der Waals surface area contributed by atoms with E-state index in [0.29, 0.717) is 5.75 Å². The summed E-state index contributed by atoms with van der Waals surface area (Å²) in [6, 6.07) is 9.15. The molecule has 0 spiro atoms. The Morgan fingerprint density at radius 1 is 1.43 bits per heavy atom. The van der Waals surface area contributed by atoms with Gasteiger partial charge < -0.3 is 10.8 Å². The van der Waals surface area contributed by atoms with Gasteiger partial charge in [0, 0.05) is 11.5 Å². The average molecular weight is 215 g/mol. The summed E-state index contributed by atoms with van der Waals surface area (Å²) in [6.07, 6.45) is 0. The smallest absolute Gasteiger partial charge is 0.321 e. The average Bonchev–Trinajstić information content (AvgIpc) is 2.19. The van der Waals surface area contributed by atoms with Crippen molar-refractivity contribution in [2.75, 3.05) is 5.75 Å². The van der Waals surface area contributed by atoms with Gasteiger partial charge in [0.2, 0.25) is 0 Å². The first-order chi connectivity index (χ1) is 6.70. The number of hydrogen-bond donors (Lipinski definition) is 2. The molecule has 76 valence electrons. The van der Waals surface area contributed by atoms with E-state index in [1.54, 1.807) is 0 Å². The van der Waals surface area contributed by atoms with Crippen molar-refractivity contribution in [2.45, 2.75) is 11.8 Å². The highest BCUT2D eigenvalue weighted by atomic mass is 32.2. The molecule has 1 rings (SSSR count). The summed E-state index contributed by atoms with van der Waals surface area (Å²) < 4.78 is 0. The first-order valence-electron chi connectivity index (χ1n) is 4.30. The quantitative estimate of drug-likeness (QED) is 0.574. The van der Waals surface area contributed by atoms with Gasteiger partial charge in [-0.3, -0.25) is 4.79 Å². The lowest BCUT2D eigenvalue weighted by molar-refractivity contribution is -0.137. The number of carboxylic acid groups (broad SMARTS) is 1. The van der Waals surface area contributed by atoms with E-state index >= 15 is 0 Å². The van der Waals surface area contributed by atoms with E-state index in [2.05, 4.69) is 0 Å². The van der Waals surface area contributed by atoms with Crippen molar-refractivity contribution in [3.63, 3.8) is 0 Å². The second-order valence-electron chi connectivity index (χ2n) is 2.95. The largest absolute Gasteiger partial charge is 0.480 e. The lowest BCUT2D eigenvalue weighted by atomic mass is 10.2. The van der Waals surface area contributed by atoms with Crippen LogP contribution in [0.5, 0.6) is 0 Å². The van der Waals surface area contributed by atoms with Crippen LogP contribution in [0.1, 0.15) is 5.56 Å². The molecule has 1 aromatic carbocycles. The van der Waals surface area contributed by atoms with Crippen LogP contribution in [-0.2, 0) is 10.5 Å². The van der Waals surface area contributed by atoms with Crippen LogP contribution in [0.4, 0.5) is 0 Å². The Hall–Kier alpha value is -1.00. The van der Waals surface area contributed by atoms with E-state index in [0.717, 1.165) is 5.75 Å². The molecule has 0 radical (unpaired) electrons. The molecular weight excluding hydrogens is 202 g/mol. The van der Waals surface area contributed by atoms with Gasteiger partial charge in [-0.1, -0.05) is 30.3 Å². The first-order valence-corrected chi connectivity index (χ1v) is 5.45. The lowest BCUT2D eigenvalue weighted by Gasteiger charge is -2.05. The maximum atomic E-state index is 10.4. The third-order valence-corrected chi connectivity index (χ3v) is 2.86. The van der Waals surface area contributed by atoms with Gasteiger partial charge in [-0.05, 0) is 5.56 Å². The first kappa shape index (κ1) is 11.1. The minimum Gasteiger partial charge on any atom is -0.480 e. The predicted molar refractivity (Wildman–Crippen MR) is 58.2 cm³/mol. The second kappa shape index (κ2) is 5.67. The van der Waals surface area contributed by atoms with E-state index in [4.69, 9.17) is 10.8 Å². The Morgan fingerprint density at radius 2 is 2.07 bits per heavy atom. The SMILES string of the molecule is [15NH2][13C@H]([13CH2]SCc1ccccc1)[13C](=O)O. The highest BCUT2D eigenvalue weighted by molar-refractivity contribution is 7.98. The summed E-state index contributed by atoms with van der Waals surface area (Å²) in [5.74, 6) is 0.317. The van der Waals surface area contributed by atoms with E-state index in [1.165, 1.54) is 17.3 Å². The molecule has 0 saturated heterocycles. The van der Waals surface area contributed by atoms with Gasteiger partial charge in [-0.15, -0.1) is 0 Å². The van der Waals surface area contributed by atoms with Crippen LogP contribution in [-0.4, -0.2) is 22.9 Å². The molecule has 4 heteroatoms.